The molecule has 1 aromatic carbocycles. The first-order valence-corrected chi connectivity index (χ1v) is 9.23. The Hall–Kier alpha value is -2.78. The number of benzene rings is 1. The maximum absolute atomic E-state index is 13.1. The average Bonchev–Trinajstić information content (AvgIpc) is 3.26. The van der Waals surface area contributed by atoms with Crippen molar-refractivity contribution in [2.75, 3.05) is 11.4 Å². The molecule has 8 nitrogen and oxygen atoms in total. The molecule has 1 atom stereocenters. The van der Waals surface area contributed by atoms with Crippen molar-refractivity contribution in [3.05, 3.63) is 44.9 Å². The van der Waals surface area contributed by atoms with Crippen LogP contribution in [0.2, 0.25) is 5.02 Å². The highest BCUT2D eigenvalue weighted by atomic mass is 35.5. The Morgan fingerprint density at radius 2 is 2.15 bits per heavy atom. The topological polar surface area (TPSA) is 117 Å². The zero-order valence-electron chi connectivity index (χ0n) is 13.7. The van der Waals surface area contributed by atoms with Crippen LogP contribution in [0.4, 0.5) is 5.69 Å². The monoisotopic (exact) mass is 405 g/mol. The van der Waals surface area contributed by atoms with Crippen LogP contribution < -0.4 is 10.2 Å². The standard InChI is InChI=1S/C17H12ClN3O5S/c18-10-1-2-11-14(9(10)3-8-6-27-7-19-8)17(4-12(22)20-15(17)25)16(26)21(11)5-13(23)24/h1-2,6-7H,3-5H2,(H,23,24)(H,20,22,25). The molecule has 2 aromatic rings. The number of carboxylic acid groups (broad SMARTS) is 1. The number of hydrogen-bond acceptors (Lipinski definition) is 6. The number of aromatic nitrogens is 1. The number of carbonyl (C=O) groups excluding carboxylic acids is 3. The van der Waals surface area contributed by atoms with E-state index in [0.717, 1.165) is 4.90 Å². The van der Waals surface area contributed by atoms with Gasteiger partial charge in [0.25, 0.3) is 0 Å². The lowest BCUT2D eigenvalue weighted by atomic mass is 9.77. The third-order valence-corrected chi connectivity index (χ3v) is 5.75. The van der Waals surface area contributed by atoms with E-state index in [1.54, 1.807) is 11.6 Å². The van der Waals surface area contributed by atoms with E-state index in [1.165, 1.54) is 17.4 Å². The van der Waals surface area contributed by atoms with E-state index < -0.39 is 35.7 Å². The highest BCUT2D eigenvalue weighted by molar-refractivity contribution is 7.07. The van der Waals surface area contributed by atoms with Gasteiger partial charge in [0.2, 0.25) is 17.7 Å². The van der Waals surface area contributed by atoms with Crippen LogP contribution in [-0.4, -0.2) is 40.3 Å². The van der Waals surface area contributed by atoms with Gasteiger partial charge in [0.1, 0.15) is 6.54 Å². The number of fused-ring (bicyclic) bond motifs is 2. The van der Waals surface area contributed by atoms with Crippen LogP contribution in [0, 0.1) is 0 Å². The first kappa shape index (κ1) is 17.6. The van der Waals surface area contributed by atoms with Gasteiger partial charge in [-0.05, 0) is 17.7 Å². The molecule has 1 saturated heterocycles. The number of halogens is 1. The second-order valence-corrected chi connectivity index (χ2v) is 7.45. The van der Waals surface area contributed by atoms with Crippen LogP contribution in [0.25, 0.3) is 0 Å². The maximum atomic E-state index is 13.1. The molecular weight excluding hydrogens is 394 g/mol. The highest BCUT2D eigenvalue weighted by Crippen LogP contribution is 2.50. The molecule has 3 amide bonds. The number of nitrogens with one attached hydrogen (secondary N) is 1. The SMILES string of the molecule is O=C(O)CN1C(=O)C2(CC(=O)NC2=O)c2c1ccc(Cl)c2Cc1cscn1. The van der Waals surface area contributed by atoms with Crippen LogP contribution in [0.1, 0.15) is 23.2 Å². The Balaban J connectivity index is 1.97. The molecule has 138 valence electrons. The molecule has 2 N–H and O–H groups in total. The van der Waals surface area contributed by atoms with Crippen LogP contribution >= 0.6 is 22.9 Å². The molecule has 1 fully saturated rings. The lowest BCUT2D eigenvalue weighted by Gasteiger charge is -2.21. The predicted molar refractivity (Wildman–Crippen MR) is 95.8 cm³/mol. The minimum atomic E-state index is -1.79. The Kier molecular flexibility index (Phi) is 4.01. The summed E-state index contributed by atoms with van der Waals surface area (Å²) in [5, 5.41) is 13.5. The van der Waals surface area contributed by atoms with Crippen molar-refractivity contribution in [2.45, 2.75) is 18.3 Å². The van der Waals surface area contributed by atoms with Gasteiger partial charge in [-0.1, -0.05) is 11.6 Å². The van der Waals surface area contributed by atoms with Gasteiger partial charge in [0.05, 0.1) is 17.6 Å². The van der Waals surface area contributed by atoms with Gasteiger partial charge in [0, 0.05) is 28.1 Å². The summed E-state index contributed by atoms with van der Waals surface area (Å²) in [6.45, 7) is -0.618. The number of hydrogen-bond donors (Lipinski definition) is 2. The van der Waals surface area contributed by atoms with Crippen molar-refractivity contribution in [3.63, 3.8) is 0 Å². The average molecular weight is 406 g/mol. The number of amides is 3. The summed E-state index contributed by atoms with van der Waals surface area (Å²) in [6, 6.07) is 3.06. The molecule has 27 heavy (non-hydrogen) atoms. The van der Waals surface area contributed by atoms with E-state index in [2.05, 4.69) is 10.3 Å². The van der Waals surface area contributed by atoms with Gasteiger partial charge in [-0.15, -0.1) is 11.3 Å². The minimum absolute atomic E-state index is 0.253. The van der Waals surface area contributed by atoms with Gasteiger partial charge in [-0.2, -0.15) is 0 Å². The predicted octanol–water partition coefficient (Wildman–Crippen LogP) is 1.10. The van der Waals surface area contributed by atoms with Gasteiger partial charge in [-0.3, -0.25) is 29.4 Å². The molecule has 1 spiro atoms. The molecule has 2 aliphatic rings. The van der Waals surface area contributed by atoms with Gasteiger partial charge >= 0.3 is 5.97 Å². The molecule has 1 unspecified atom stereocenters. The van der Waals surface area contributed by atoms with Gasteiger partial charge in [0.15, 0.2) is 5.41 Å². The van der Waals surface area contributed by atoms with E-state index in [-0.39, 0.29) is 24.1 Å². The highest BCUT2D eigenvalue weighted by Gasteiger charge is 2.62. The molecule has 0 aliphatic carbocycles. The van der Waals surface area contributed by atoms with Crippen molar-refractivity contribution in [2.24, 2.45) is 0 Å². The molecule has 0 radical (unpaired) electrons. The quantitative estimate of drug-likeness (QED) is 0.581. The summed E-state index contributed by atoms with van der Waals surface area (Å²) in [4.78, 5) is 54.3. The van der Waals surface area contributed by atoms with E-state index in [1.807, 2.05) is 5.38 Å². The smallest absolute Gasteiger partial charge is 0.323 e. The fourth-order valence-corrected chi connectivity index (χ4v) is 4.48. The Morgan fingerprint density at radius 3 is 2.74 bits per heavy atom. The normalized spacial score (nSPS) is 21.1. The molecule has 0 saturated carbocycles. The van der Waals surface area contributed by atoms with Crippen molar-refractivity contribution < 1.29 is 24.3 Å². The summed E-state index contributed by atoms with van der Waals surface area (Å²) in [6.07, 6.45) is -0.124. The fourth-order valence-electron chi connectivity index (χ4n) is 3.70. The maximum Gasteiger partial charge on any atom is 0.323 e. The Bertz CT molecular complexity index is 1010. The Labute approximate surface area is 161 Å². The summed E-state index contributed by atoms with van der Waals surface area (Å²) < 4.78 is 0. The first-order chi connectivity index (χ1) is 12.8. The van der Waals surface area contributed by atoms with Crippen LogP contribution in [0.15, 0.2) is 23.0 Å². The third kappa shape index (κ3) is 2.54. The number of thiazole rings is 1. The summed E-state index contributed by atoms with van der Waals surface area (Å²) in [7, 11) is 0. The number of rotatable bonds is 4. The largest absolute Gasteiger partial charge is 0.480 e. The van der Waals surface area contributed by atoms with Gasteiger partial charge < -0.3 is 5.11 Å². The first-order valence-electron chi connectivity index (χ1n) is 7.91. The van der Waals surface area contributed by atoms with E-state index >= 15 is 0 Å². The van der Waals surface area contributed by atoms with Crippen LogP contribution in [0.3, 0.4) is 0 Å². The lowest BCUT2D eigenvalue weighted by Crippen LogP contribution is -2.47. The molecule has 1 aromatic heterocycles. The zero-order chi connectivity index (χ0) is 19.3. The summed E-state index contributed by atoms with van der Waals surface area (Å²) in [5.41, 5.74) is 1.61. The molecule has 4 rings (SSSR count). The summed E-state index contributed by atoms with van der Waals surface area (Å²) >= 11 is 7.77. The number of imide groups is 1. The second kappa shape index (κ2) is 6.14. The molecule has 10 heteroatoms. The lowest BCUT2D eigenvalue weighted by molar-refractivity contribution is -0.138. The second-order valence-electron chi connectivity index (χ2n) is 6.32. The zero-order valence-corrected chi connectivity index (χ0v) is 15.3. The minimum Gasteiger partial charge on any atom is -0.480 e. The molecule has 2 aliphatic heterocycles. The molecule has 0 bridgehead atoms. The molecule has 3 heterocycles. The van der Waals surface area contributed by atoms with Crippen molar-refractivity contribution in [3.8, 4) is 0 Å². The van der Waals surface area contributed by atoms with Crippen LogP contribution in [-0.2, 0) is 31.0 Å². The Morgan fingerprint density at radius 1 is 1.37 bits per heavy atom. The van der Waals surface area contributed by atoms with E-state index in [4.69, 9.17) is 11.6 Å². The fraction of sp³-hybridized carbons (Fsp3) is 0.235. The summed E-state index contributed by atoms with van der Waals surface area (Å²) in [5.74, 6) is -3.30. The van der Waals surface area contributed by atoms with E-state index in [0.29, 0.717) is 16.3 Å². The number of anilines is 1. The third-order valence-electron chi connectivity index (χ3n) is 4.76. The van der Waals surface area contributed by atoms with Gasteiger partial charge in [-0.25, -0.2) is 4.98 Å². The van der Waals surface area contributed by atoms with Crippen molar-refractivity contribution >= 4 is 52.3 Å². The van der Waals surface area contributed by atoms with Crippen LogP contribution in [0.5, 0.6) is 0 Å². The number of carboxylic acids is 1. The number of carbonyl (C=O) groups is 4. The van der Waals surface area contributed by atoms with Crippen molar-refractivity contribution in [1.82, 2.24) is 10.3 Å². The number of nitrogens with zero attached hydrogens (tertiary/aromatic N) is 2. The van der Waals surface area contributed by atoms with Crippen molar-refractivity contribution in [1.29, 1.82) is 0 Å². The number of aliphatic carboxylic acids is 1. The van der Waals surface area contributed by atoms with E-state index in [9.17, 15) is 24.3 Å². The molecular formula is C17H12ClN3O5S.